The summed E-state index contributed by atoms with van der Waals surface area (Å²) in [5.74, 6) is -0.634. The van der Waals surface area contributed by atoms with Gasteiger partial charge >= 0.3 is 5.76 Å². The first-order chi connectivity index (χ1) is 13.4. The van der Waals surface area contributed by atoms with Crippen molar-refractivity contribution < 1.29 is 12.8 Å². The van der Waals surface area contributed by atoms with Gasteiger partial charge in [0.15, 0.2) is 5.58 Å². The average molecular weight is 395 g/mol. The van der Waals surface area contributed by atoms with Crippen LogP contribution in [0.2, 0.25) is 0 Å². The summed E-state index contributed by atoms with van der Waals surface area (Å²) in [5.41, 5.74) is 3.60. The normalized spacial score (nSPS) is 11.5. The second-order valence-corrected chi connectivity index (χ2v) is 8.00. The van der Waals surface area contributed by atoms with Crippen molar-refractivity contribution in [2.45, 2.75) is 11.8 Å². The predicted molar refractivity (Wildman–Crippen MR) is 109 cm³/mol. The van der Waals surface area contributed by atoms with Gasteiger partial charge in [-0.15, -0.1) is 0 Å². The molecule has 0 saturated carbocycles. The summed E-state index contributed by atoms with van der Waals surface area (Å²) in [6.07, 6.45) is 0. The highest BCUT2D eigenvalue weighted by molar-refractivity contribution is 7.92. The first-order valence-electron chi connectivity index (χ1n) is 8.49. The van der Waals surface area contributed by atoms with Crippen LogP contribution in [0.1, 0.15) is 5.56 Å². The Labute approximate surface area is 161 Å². The second kappa shape index (κ2) is 6.90. The Bertz CT molecular complexity index is 1310. The van der Waals surface area contributed by atoms with E-state index in [1.807, 2.05) is 37.3 Å². The zero-order chi connectivity index (χ0) is 19.7. The van der Waals surface area contributed by atoms with Crippen LogP contribution in [0.25, 0.3) is 11.1 Å². The van der Waals surface area contributed by atoms with Crippen LogP contribution in [-0.2, 0) is 10.0 Å². The molecule has 0 radical (unpaired) electrons. The minimum absolute atomic E-state index is 0.00658. The van der Waals surface area contributed by atoms with Gasteiger partial charge in [-0.1, -0.05) is 29.8 Å². The largest absolute Gasteiger partial charge is 0.417 e. The maximum atomic E-state index is 12.8. The van der Waals surface area contributed by atoms with E-state index < -0.39 is 15.8 Å². The molecule has 8 heteroatoms. The summed E-state index contributed by atoms with van der Waals surface area (Å²) in [5, 5.41) is 3.21. The van der Waals surface area contributed by atoms with E-state index in [2.05, 4.69) is 15.0 Å². The quantitative estimate of drug-likeness (QED) is 0.474. The van der Waals surface area contributed by atoms with Crippen molar-refractivity contribution in [2.24, 2.45) is 0 Å². The summed E-state index contributed by atoms with van der Waals surface area (Å²) in [4.78, 5) is 13.8. The molecule has 4 rings (SSSR count). The number of aryl methyl sites for hydroxylation is 1. The summed E-state index contributed by atoms with van der Waals surface area (Å²) >= 11 is 0. The monoisotopic (exact) mass is 395 g/mol. The molecule has 0 amide bonds. The van der Waals surface area contributed by atoms with Crippen LogP contribution in [-0.4, -0.2) is 13.4 Å². The van der Waals surface area contributed by atoms with Gasteiger partial charge in [0.1, 0.15) is 0 Å². The molecule has 28 heavy (non-hydrogen) atoms. The number of aromatic nitrogens is 1. The molecule has 0 atom stereocenters. The summed E-state index contributed by atoms with van der Waals surface area (Å²) in [7, 11) is -3.88. The van der Waals surface area contributed by atoms with Crippen LogP contribution in [0.3, 0.4) is 0 Å². The number of rotatable bonds is 5. The zero-order valence-electron chi connectivity index (χ0n) is 14.9. The average Bonchev–Trinajstić information content (AvgIpc) is 3.04. The number of anilines is 3. The Hall–Kier alpha value is -3.52. The molecule has 0 aliphatic heterocycles. The first-order valence-corrected chi connectivity index (χ1v) is 9.97. The number of hydrogen-bond donors (Lipinski definition) is 3. The van der Waals surface area contributed by atoms with E-state index in [-0.39, 0.29) is 10.5 Å². The van der Waals surface area contributed by atoms with Crippen molar-refractivity contribution in [3.63, 3.8) is 0 Å². The number of nitrogens with one attached hydrogen (secondary N) is 3. The Kier molecular flexibility index (Phi) is 4.40. The highest BCUT2D eigenvalue weighted by Gasteiger charge is 2.18. The van der Waals surface area contributed by atoms with Crippen molar-refractivity contribution in [2.75, 3.05) is 10.0 Å². The Morgan fingerprint density at radius 2 is 1.64 bits per heavy atom. The van der Waals surface area contributed by atoms with Crippen LogP contribution in [0.5, 0.6) is 0 Å². The van der Waals surface area contributed by atoms with Crippen molar-refractivity contribution in [1.29, 1.82) is 0 Å². The SMILES string of the molecule is Cc1ccc(Nc2ccccc2NS(=O)(=O)c2ccc3[nH]c(=O)oc3c2)cc1. The number of aromatic amines is 1. The number of H-pyrrole nitrogens is 1. The van der Waals surface area contributed by atoms with Gasteiger partial charge in [0.05, 0.1) is 21.8 Å². The Balaban J connectivity index is 1.65. The molecule has 142 valence electrons. The van der Waals surface area contributed by atoms with Gasteiger partial charge in [0.2, 0.25) is 0 Å². The molecule has 0 unspecified atom stereocenters. The maximum absolute atomic E-state index is 12.8. The number of oxazole rings is 1. The Morgan fingerprint density at radius 3 is 2.39 bits per heavy atom. The van der Waals surface area contributed by atoms with Crippen molar-refractivity contribution in [3.05, 3.63) is 82.8 Å². The minimum Gasteiger partial charge on any atom is -0.408 e. The van der Waals surface area contributed by atoms with Gasteiger partial charge in [-0.2, -0.15) is 0 Å². The molecule has 0 fully saturated rings. The van der Waals surface area contributed by atoms with E-state index in [1.54, 1.807) is 18.2 Å². The van der Waals surface area contributed by atoms with Crippen LogP contribution in [0.4, 0.5) is 17.1 Å². The lowest BCUT2D eigenvalue weighted by molar-refractivity contribution is 0.554. The molecule has 0 saturated heterocycles. The lowest BCUT2D eigenvalue weighted by Gasteiger charge is -2.14. The number of benzene rings is 3. The molecule has 0 bridgehead atoms. The molecular weight excluding hydrogens is 378 g/mol. The third kappa shape index (κ3) is 3.63. The van der Waals surface area contributed by atoms with E-state index in [9.17, 15) is 13.2 Å². The minimum atomic E-state index is -3.88. The molecule has 0 spiro atoms. The van der Waals surface area contributed by atoms with Gasteiger partial charge in [-0.25, -0.2) is 13.2 Å². The molecule has 7 nitrogen and oxygen atoms in total. The third-order valence-electron chi connectivity index (χ3n) is 4.20. The Morgan fingerprint density at radius 1 is 0.929 bits per heavy atom. The number of fused-ring (bicyclic) bond motifs is 1. The molecule has 3 N–H and O–H groups in total. The summed E-state index contributed by atoms with van der Waals surface area (Å²) in [6.45, 7) is 2.00. The van der Waals surface area contributed by atoms with E-state index in [0.29, 0.717) is 16.9 Å². The fraction of sp³-hybridized carbons (Fsp3) is 0.0500. The fourth-order valence-corrected chi connectivity index (χ4v) is 3.86. The number of para-hydroxylation sites is 2. The van der Waals surface area contributed by atoms with E-state index in [0.717, 1.165) is 11.3 Å². The van der Waals surface area contributed by atoms with E-state index in [4.69, 9.17) is 4.42 Å². The molecule has 0 aliphatic rings. The van der Waals surface area contributed by atoms with Crippen molar-refractivity contribution in [3.8, 4) is 0 Å². The molecule has 1 aromatic heterocycles. The molecule has 1 heterocycles. The van der Waals surface area contributed by atoms with Crippen LogP contribution in [0, 0.1) is 6.92 Å². The van der Waals surface area contributed by atoms with Gasteiger partial charge in [-0.3, -0.25) is 9.71 Å². The van der Waals surface area contributed by atoms with Gasteiger partial charge in [0, 0.05) is 11.8 Å². The lowest BCUT2D eigenvalue weighted by atomic mass is 10.2. The number of hydrogen-bond acceptors (Lipinski definition) is 5. The summed E-state index contributed by atoms with van der Waals surface area (Å²) in [6, 6.07) is 19.0. The van der Waals surface area contributed by atoms with Gasteiger partial charge in [-0.05, 0) is 43.3 Å². The lowest BCUT2D eigenvalue weighted by Crippen LogP contribution is -2.14. The predicted octanol–water partition coefficient (Wildman–Crippen LogP) is 3.97. The van der Waals surface area contributed by atoms with E-state index in [1.165, 1.54) is 18.2 Å². The fourth-order valence-electron chi connectivity index (χ4n) is 2.77. The zero-order valence-corrected chi connectivity index (χ0v) is 15.7. The molecule has 4 aromatic rings. The van der Waals surface area contributed by atoms with Gasteiger partial charge < -0.3 is 9.73 Å². The van der Waals surface area contributed by atoms with Crippen LogP contribution < -0.4 is 15.8 Å². The highest BCUT2D eigenvalue weighted by atomic mass is 32.2. The molecule has 0 aliphatic carbocycles. The topological polar surface area (TPSA) is 104 Å². The van der Waals surface area contributed by atoms with Gasteiger partial charge in [0.25, 0.3) is 10.0 Å². The standard InChI is InChI=1S/C20H17N3O4S/c1-13-6-8-14(9-7-13)21-16-4-2-3-5-17(16)23-28(25,26)15-10-11-18-19(12-15)27-20(24)22-18/h2-12,21,23H,1H3,(H,22,24). The first kappa shape index (κ1) is 17.9. The van der Waals surface area contributed by atoms with Crippen molar-refractivity contribution >= 4 is 38.2 Å². The third-order valence-corrected chi connectivity index (χ3v) is 5.57. The maximum Gasteiger partial charge on any atom is 0.417 e. The highest BCUT2D eigenvalue weighted by Crippen LogP contribution is 2.28. The summed E-state index contributed by atoms with van der Waals surface area (Å²) < 4.78 is 33.2. The smallest absolute Gasteiger partial charge is 0.408 e. The van der Waals surface area contributed by atoms with Crippen LogP contribution in [0.15, 0.2) is 80.8 Å². The number of sulfonamides is 1. The van der Waals surface area contributed by atoms with Crippen LogP contribution >= 0.6 is 0 Å². The molecule has 3 aromatic carbocycles. The van der Waals surface area contributed by atoms with E-state index >= 15 is 0 Å². The van der Waals surface area contributed by atoms with Crippen molar-refractivity contribution in [1.82, 2.24) is 4.98 Å². The second-order valence-electron chi connectivity index (χ2n) is 6.31. The molecular formula is C20H17N3O4S.